The molecule has 0 atom stereocenters. The van der Waals surface area contributed by atoms with E-state index in [9.17, 15) is 10.1 Å². The van der Waals surface area contributed by atoms with Crippen LogP contribution >= 0.6 is 0 Å². The fourth-order valence-electron chi connectivity index (χ4n) is 1.59. The summed E-state index contributed by atoms with van der Waals surface area (Å²) in [5.41, 5.74) is 1.18. The third-order valence-corrected chi connectivity index (χ3v) is 2.57. The van der Waals surface area contributed by atoms with Gasteiger partial charge in [-0.3, -0.25) is 10.1 Å². The van der Waals surface area contributed by atoms with Gasteiger partial charge in [-0.05, 0) is 24.4 Å². The van der Waals surface area contributed by atoms with Crippen molar-refractivity contribution in [2.75, 3.05) is 19.8 Å². The summed E-state index contributed by atoms with van der Waals surface area (Å²) in [6, 6.07) is 6.62. The first kappa shape index (κ1) is 15.6. The fourth-order valence-corrected chi connectivity index (χ4v) is 1.59. The molecule has 0 aliphatic rings. The molecule has 0 radical (unpaired) electrons. The SMILES string of the molecule is CC(C)COCCCNCc1ccc([N+](=O)[O-])cc1. The highest BCUT2D eigenvalue weighted by molar-refractivity contribution is 5.32. The maximum Gasteiger partial charge on any atom is 0.269 e. The monoisotopic (exact) mass is 266 g/mol. The highest BCUT2D eigenvalue weighted by atomic mass is 16.6. The number of non-ortho nitro benzene ring substituents is 1. The molecule has 5 heteroatoms. The van der Waals surface area contributed by atoms with E-state index in [0.29, 0.717) is 5.92 Å². The molecule has 0 aliphatic heterocycles. The van der Waals surface area contributed by atoms with Crippen LogP contribution in [0.1, 0.15) is 25.8 Å². The van der Waals surface area contributed by atoms with Crippen LogP contribution in [0.15, 0.2) is 24.3 Å². The van der Waals surface area contributed by atoms with Gasteiger partial charge in [0.1, 0.15) is 0 Å². The zero-order chi connectivity index (χ0) is 14.1. The van der Waals surface area contributed by atoms with Crippen LogP contribution in [-0.4, -0.2) is 24.7 Å². The third-order valence-electron chi connectivity index (χ3n) is 2.57. The van der Waals surface area contributed by atoms with Crippen molar-refractivity contribution in [1.82, 2.24) is 5.32 Å². The Bertz CT molecular complexity index is 377. The standard InChI is InChI=1S/C14H22N2O3/c1-12(2)11-19-9-3-8-15-10-13-4-6-14(7-5-13)16(17)18/h4-7,12,15H,3,8-11H2,1-2H3. The van der Waals surface area contributed by atoms with Crippen LogP contribution in [0.4, 0.5) is 5.69 Å². The van der Waals surface area contributed by atoms with Crippen molar-refractivity contribution in [3.05, 3.63) is 39.9 Å². The molecule has 5 nitrogen and oxygen atoms in total. The summed E-state index contributed by atoms with van der Waals surface area (Å²) in [4.78, 5) is 10.1. The quantitative estimate of drug-likeness (QED) is 0.424. The number of hydrogen-bond donors (Lipinski definition) is 1. The first-order valence-corrected chi connectivity index (χ1v) is 6.61. The van der Waals surface area contributed by atoms with E-state index in [0.717, 1.165) is 38.3 Å². The van der Waals surface area contributed by atoms with Gasteiger partial charge in [0.15, 0.2) is 0 Å². The normalized spacial score (nSPS) is 10.9. The molecule has 1 aromatic carbocycles. The van der Waals surface area contributed by atoms with Gasteiger partial charge in [-0.15, -0.1) is 0 Å². The van der Waals surface area contributed by atoms with Gasteiger partial charge in [-0.25, -0.2) is 0 Å². The van der Waals surface area contributed by atoms with Gasteiger partial charge in [0.2, 0.25) is 0 Å². The molecule has 106 valence electrons. The molecule has 1 rings (SSSR count). The average Bonchev–Trinajstić information content (AvgIpc) is 2.38. The van der Waals surface area contributed by atoms with E-state index in [1.54, 1.807) is 12.1 Å². The van der Waals surface area contributed by atoms with Crippen LogP contribution in [0.3, 0.4) is 0 Å². The molecule has 0 amide bonds. The summed E-state index contributed by atoms with van der Waals surface area (Å²) in [5.74, 6) is 0.577. The Morgan fingerprint density at radius 2 is 2.00 bits per heavy atom. The molecule has 1 aromatic rings. The molecule has 0 heterocycles. The van der Waals surface area contributed by atoms with Crippen LogP contribution in [0, 0.1) is 16.0 Å². The molecule has 0 unspecified atom stereocenters. The number of nitrogens with one attached hydrogen (secondary N) is 1. The molecule has 19 heavy (non-hydrogen) atoms. The van der Waals surface area contributed by atoms with E-state index < -0.39 is 0 Å². The molecular formula is C14H22N2O3. The smallest absolute Gasteiger partial charge is 0.269 e. The summed E-state index contributed by atoms with van der Waals surface area (Å²) >= 11 is 0. The molecule has 0 aromatic heterocycles. The Morgan fingerprint density at radius 1 is 1.32 bits per heavy atom. The van der Waals surface area contributed by atoms with Gasteiger partial charge in [-0.2, -0.15) is 0 Å². The van der Waals surface area contributed by atoms with Crippen molar-refractivity contribution in [2.24, 2.45) is 5.92 Å². The van der Waals surface area contributed by atoms with Crippen molar-refractivity contribution in [2.45, 2.75) is 26.8 Å². The van der Waals surface area contributed by atoms with E-state index in [2.05, 4.69) is 19.2 Å². The second-order valence-electron chi connectivity index (χ2n) is 4.92. The lowest BCUT2D eigenvalue weighted by molar-refractivity contribution is -0.384. The first-order valence-electron chi connectivity index (χ1n) is 6.61. The van der Waals surface area contributed by atoms with Gasteiger partial charge < -0.3 is 10.1 Å². The maximum atomic E-state index is 10.5. The highest BCUT2D eigenvalue weighted by Gasteiger charge is 2.03. The molecule has 0 saturated heterocycles. The van der Waals surface area contributed by atoms with E-state index in [-0.39, 0.29) is 10.6 Å². The molecule has 1 N–H and O–H groups in total. The molecule has 0 spiro atoms. The zero-order valence-electron chi connectivity index (χ0n) is 11.6. The maximum absolute atomic E-state index is 10.5. The Balaban J connectivity index is 2.11. The van der Waals surface area contributed by atoms with E-state index in [1.807, 2.05) is 0 Å². The second-order valence-corrected chi connectivity index (χ2v) is 4.92. The topological polar surface area (TPSA) is 64.4 Å². The van der Waals surface area contributed by atoms with Gasteiger partial charge in [0.05, 0.1) is 4.92 Å². The fraction of sp³-hybridized carbons (Fsp3) is 0.571. The van der Waals surface area contributed by atoms with Gasteiger partial charge in [0, 0.05) is 31.9 Å². The molecular weight excluding hydrogens is 244 g/mol. The van der Waals surface area contributed by atoms with E-state index >= 15 is 0 Å². The zero-order valence-corrected chi connectivity index (χ0v) is 11.6. The molecule has 0 fully saturated rings. The van der Waals surface area contributed by atoms with Crippen molar-refractivity contribution < 1.29 is 9.66 Å². The minimum atomic E-state index is -0.386. The Labute approximate surface area is 114 Å². The highest BCUT2D eigenvalue weighted by Crippen LogP contribution is 2.11. The van der Waals surface area contributed by atoms with Gasteiger partial charge >= 0.3 is 0 Å². The number of rotatable bonds is 9. The minimum Gasteiger partial charge on any atom is -0.381 e. The third kappa shape index (κ3) is 6.88. The minimum absolute atomic E-state index is 0.130. The van der Waals surface area contributed by atoms with Gasteiger partial charge in [0.25, 0.3) is 5.69 Å². The summed E-state index contributed by atoms with van der Waals surface area (Å²) < 4.78 is 5.47. The van der Waals surface area contributed by atoms with E-state index in [1.165, 1.54) is 12.1 Å². The van der Waals surface area contributed by atoms with Crippen LogP contribution in [0.2, 0.25) is 0 Å². The number of benzene rings is 1. The average molecular weight is 266 g/mol. The number of nitro benzene ring substituents is 1. The lowest BCUT2D eigenvalue weighted by Gasteiger charge is -2.07. The summed E-state index contributed by atoms with van der Waals surface area (Å²) in [6.45, 7) is 7.45. The predicted octanol–water partition coefficient (Wildman–Crippen LogP) is 2.75. The predicted molar refractivity (Wildman–Crippen MR) is 75.1 cm³/mol. The molecule has 0 aliphatic carbocycles. The number of nitrogens with zero attached hydrogens (tertiary/aromatic N) is 1. The number of hydrogen-bond acceptors (Lipinski definition) is 4. The molecule has 0 saturated carbocycles. The summed E-state index contributed by atoms with van der Waals surface area (Å²) in [7, 11) is 0. The lowest BCUT2D eigenvalue weighted by Crippen LogP contribution is -2.16. The Morgan fingerprint density at radius 3 is 2.58 bits per heavy atom. The number of ether oxygens (including phenoxy) is 1. The summed E-state index contributed by atoms with van der Waals surface area (Å²) in [5, 5.41) is 13.8. The van der Waals surface area contributed by atoms with Crippen LogP contribution in [0.25, 0.3) is 0 Å². The molecule has 0 bridgehead atoms. The van der Waals surface area contributed by atoms with Crippen LogP contribution < -0.4 is 5.32 Å². The Kier molecular flexibility index (Phi) is 7.07. The van der Waals surface area contributed by atoms with Crippen LogP contribution in [-0.2, 0) is 11.3 Å². The van der Waals surface area contributed by atoms with Gasteiger partial charge in [-0.1, -0.05) is 26.0 Å². The first-order chi connectivity index (χ1) is 9.09. The van der Waals surface area contributed by atoms with Crippen molar-refractivity contribution in [3.63, 3.8) is 0 Å². The number of nitro groups is 1. The van der Waals surface area contributed by atoms with E-state index in [4.69, 9.17) is 4.74 Å². The van der Waals surface area contributed by atoms with Crippen molar-refractivity contribution >= 4 is 5.69 Å². The Hall–Kier alpha value is -1.46. The van der Waals surface area contributed by atoms with Crippen molar-refractivity contribution in [1.29, 1.82) is 0 Å². The second kappa shape index (κ2) is 8.61. The lowest BCUT2D eigenvalue weighted by atomic mass is 10.2. The van der Waals surface area contributed by atoms with Crippen LogP contribution in [0.5, 0.6) is 0 Å². The largest absolute Gasteiger partial charge is 0.381 e. The van der Waals surface area contributed by atoms with Crippen molar-refractivity contribution in [3.8, 4) is 0 Å². The summed E-state index contributed by atoms with van der Waals surface area (Å²) in [6.07, 6.45) is 0.972.